The number of nitrogens with one attached hydrogen (secondary N) is 1. The van der Waals surface area contributed by atoms with Crippen LogP contribution in [0.1, 0.15) is 17.3 Å². The third kappa shape index (κ3) is 2.17. The van der Waals surface area contributed by atoms with Crippen LogP contribution in [0.4, 0.5) is 0 Å². The Morgan fingerprint density at radius 3 is 2.88 bits per heavy atom. The Hall–Kier alpha value is -1.81. The number of hydrogen-bond acceptors (Lipinski definition) is 2. The maximum absolute atomic E-state index is 12.2. The first kappa shape index (κ1) is 11.7. The lowest BCUT2D eigenvalue weighted by Gasteiger charge is -2.19. The summed E-state index contributed by atoms with van der Waals surface area (Å²) in [6.07, 6.45) is 1.73. The summed E-state index contributed by atoms with van der Waals surface area (Å²) < 4.78 is 0. The van der Waals surface area contributed by atoms with Crippen LogP contribution in [0.15, 0.2) is 30.5 Å². The lowest BCUT2D eigenvalue weighted by atomic mass is 10.1. The zero-order valence-corrected chi connectivity index (χ0v) is 9.81. The molecule has 1 aromatic heterocycles. The SMILES string of the molecule is CCN(CCO)C(=O)c1c[nH]c2ccccc12. The number of nitrogens with zero attached hydrogens (tertiary/aromatic N) is 1. The fourth-order valence-corrected chi connectivity index (χ4v) is 1.94. The minimum absolute atomic E-state index is 0.0120. The summed E-state index contributed by atoms with van der Waals surface area (Å²) in [5.74, 6) is -0.0426. The second kappa shape index (κ2) is 5.01. The van der Waals surface area contributed by atoms with Crippen molar-refractivity contribution in [2.24, 2.45) is 0 Å². The van der Waals surface area contributed by atoms with Crippen molar-refractivity contribution in [2.75, 3.05) is 19.7 Å². The van der Waals surface area contributed by atoms with E-state index in [9.17, 15) is 4.79 Å². The van der Waals surface area contributed by atoms with E-state index < -0.39 is 0 Å². The van der Waals surface area contributed by atoms with E-state index in [4.69, 9.17) is 5.11 Å². The molecule has 17 heavy (non-hydrogen) atoms. The predicted molar refractivity (Wildman–Crippen MR) is 67.0 cm³/mol. The van der Waals surface area contributed by atoms with Gasteiger partial charge in [0.25, 0.3) is 5.91 Å². The highest BCUT2D eigenvalue weighted by Crippen LogP contribution is 2.19. The van der Waals surface area contributed by atoms with Gasteiger partial charge in [0.15, 0.2) is 0 Å². The van der Waals surface area contributed by atoms with Crippen molar-refractivity contribution in [1.29, 1.82) is 0 Å². The first-order chi connectivity index (χ1) is 8.27. The van der Waals surface area contributed by atoms with Crippen molar-refractivity contribution in [2.45, 2.75) is 6.92 Å². The van der Waals surface area contributed by atoms with Crippen LogP contribution in [0, 0.1) is 0 Å². The molecule has 2 aromatic rings. The average Bonchev–Trinajstić information content (AvgIpc) is 2.79. The van der Waals surface area contributed by atoms with Gasteiger partial charge in [-0.1, -0.05) is 18.2 Å². The van der Waals surface area contributed by atoms with Gasteiger partial charge in [0.2, 0.25) is 0 Å². The van der Waals surface area contributed by atoms with Crippen LogP contribution in [0.3, 0.4) is 0 Å². The smallest absolute Gasteiger partial charge is 0.256 e. The summed E-state index contributed by atoms with van der Waals surface area (Å²) in [4.78, 5) is 17.0. The van der Waals surface area contributed by atoms with E-state index in [1.807, 2.05) is 31.2 Å². The van der Waals surface area contributed by atoms with Gasteiger partial charge in [0.1, 0.15) is 0 Å². The van der Waals surface area contributed by atoms with Crippen LogP contribution in [-0.2, 0) is 0 Å². The van der Waals surface area contributed by atoms with Crippen LogP contribution in [0.5, 0.6) is 0 Å². The number of amides is 1. The topological polar surface area (TPSA) is 56.3 Å². The predicted octanol–water partition coefficient (Wildman–Crippen LogP) is 1.62. The van der Waals surface area contributed by atoms with Crippen molar-refractivity contribution in [3.8, 4) is 0 Å². The summed E-state index contributed by atoms with van der Waals surface area (Å²) in [6.45, 7) is 2.86. The molecular weight excluding hydrogens is 216 g/mol. The summed E-state index contributed by atoms with van der Waals surface area (Å²) in [6, 6.07) is 7.70. The average molecular weight is 232 g/mol. The number of aliphatic hydroxyl groups excluding tert-OH is 1. The van der Waals surface area contributed by atoms with E-state index in [-0.39, 0.29) is 12.5 Å². The molecule has 0 saturated heterocycles. The summed E-state index contributed by atoms with van der Waals surface area (Å²) in [7, 11) is 0. The quantitative estimate of drug-likeness (QED) is 0.841. The zero-order valence-electron chi connectivity index (χ0n) is 9.81. The van der Waals surface area contributed by atoms with Crippen molar-refractivity contribution >= 4 is 16.8 Å². The van der Waals surface area contributed by atoms with Gasteiger partial charge in [0, 0.05) is 30.2 Å². The number of benzene rings is 1. The molecule has 90 valence electrons. The van der Waals surface area contributed by atoms with Gasteiger partial charge >= 0.3 is 0 Å². The van der Waals surface area contributed by atoms with Crippen molar-refractivity contribution in [3.05, 3.63) is 36.0 Å². The number of aromatic amines is 1. The van der Waals surface area contributed by atoms with Gasteiger partial charge in [-0.3, -0.25) is 4.79 Å². The van der Waals surface area contributed by atoms with Gasteiger partial charge in [0.05, 0.1) is 12.2 Å². The molecule has 0 bridgehead atoms. The molecule has 0 atom stereocenters. The highest BCUT2D eigenvalue weighted by molar-refractivity contribution is 6.06. The first-order valence-electron chi connectivity index (χ1n) is 5.74. The second-order valence-corrected chi connectivity index (χ2v) is 3.86. The van der Waals surface area contributed by atoms with Crippen molar-refractivity contribution in [1.82, 2.24) is 9.88 Å². The summed E-state index contributed by atoms with van der Waals surface area (Å²) in [5.41, 5.74) is 1.62. The molecule has 4 nitrogen and oxygen atoms in total. The van der Waals surface area contributed by atoms with Crippen LogP contribution in [0.2, 0.25) is 0 Å². The third-order valence-electron chi connectivity index (χ3n) is 2.86. The molecule has 2 N–H and O–H groups in total. The molecule has 0 unspecified atom stereocenters. The molecular formula is C13H16N2O2. The molecule has 2 rings (SSSR count). The lowest BCUT2D eigenvalue weighted by Crippen LogP contribution is -2.33. The van der Waals surface area contributed by atoms with Gasteiger partial charge in [-0.2, -0.15) is 0 Å². The van der Waals surface area contributed by atoms with Gasteiger partial charge < -0.3 is 15.0 Å². The van der Waals surface area contributed by atoms with Gasteiger partial charge in [-0.05, 0) is 13.0 Å². The molecule has 0 aliphatic rings. The molecule has 0 spiro atoms. The number of carbonyl (C=O) groups excluding carboxylic acids is 1. The Morgan fingerprint density at radius 2 is 2.18 bits per heavy atom. The number of para-hydroxylation sites is 1. The Balaban J connectivity index is 2.36. The fourth-order valence-electron chi connectivity index (χ4n) is 1.94. The Bertz CT molecular complexity index is 519. The molecule has 4 heteroatoms. The number of rotatable bonds is 4. The molecule has 0 aliphatic carbocycles. The third-order valence-corrected chi connectivity index (χ3v) is 2.86. The normalized spacial score (nSPS) is 10.7. The summed E-state index contributed by atoms with van der Waals surface area (Å²) >= 11 is 0. The Labute approximate surface area is 99.9 Å². The standard InChI is InChI=1S/C13H16N2O2/c1-2-15(7-8-16)13(17)11-9-14-12-6-4-3-5-10(11)12/h3-6,9,14,16H,2,7-8H2,1H3. The van der Waals surface area contributed by atoms with Crippen LogP contribution in [0.25, 0.3) is 10.9 Å². The largest absolute Gasteiger partial charge is 0.395 e. The van der Waals surface area contributed by atoms with Gasteiger partial charge in [-0.25, -0.2) is 0 Å². The molecule has 1 aromatic carbocycles. The fraction of sp³-hybridized carbons (Fsp3) is 0.308. The number of H-pyrrole nitrogens is 1. The molecule has 0 fully saturated rings. The number of aromatic nitrogens is 1. The van der Waals surface area contributed by atoms with E-state index in [1.165, 1.54) is 0 Å². The minimum Gasteiger partial charge on any atom is -0.395 e. The van der Waals surface area contributed by atoms with Crippen LogP contribution >= 0.6 is 0 Å². The molecule has 1 amide bonds. The molecule has 0 aliphatic heterocycles. The highest BCUT2D eigenvalue weighted by atomic mass is 16.3. The molecule has 0 saturated carbocycles. The van der Waals surface area contributed by atoms with Crippen molar-refractivity contribution in [3.63, 3.8) is 0 Å². The number of hydrogen-bond donors (Lipinski definition) is 2. The van der Waals surface area contributed by atoms with Crippen LogP contribution < -0.4 is 0 Å². The second-order valence-electron chi connectivity index (χ2n) is 3.86. The maximum atomic E-state index is 12.2. The number of likely N-dealkylation sites (N-methyl/N-ethyl adjacent to an activating group) is 1. The molecule has 0 radical (unpaired) electrons. The maximum Gasteiger partial charge on any atom is 0.256 e. The van der Waals surface area contributed by atoms with E-state index >= 15 is 0 Å². The molecule has 1 heterocycles. The van der Waals surface area contributed by atoms with E-state index in [0.717, 1.165) is 10.9 Å². The van der Waals surface area contributed by atoms with Crippen LogP contribution in [-0.4, -0.2) is 40.6 Å². The van der Waals surface area contributed by atoms with Gasteiger partial charge in [-0.15, -0.1) is 0 Å². The van der Waals surface area contributed by atoms with E-state index in [2.05, 4.69) is 4.98 Å². The Kier molecular flexibility index (Phi) is 3.44. The zero-order chi connectivity index (χ0) is 12.3. The lowest BCUT2D eigenvalue weighted by molar-refractivity contribution is 0.0734. The highest BCUT2D eigenvalue weighted by Gasteiger charge is 2.17. The van der Waals surface area contributed by atoms with E-state index in [1.54, 1.807) is 11.1 Å². The monoisotopic (exact) mass is 232 g/mol. The summed E-state index contributed by atoms with van der Waals surface area (Å²) in [5, 5.41) is 9.85. The first-order valence-corrected chi connectivity index (χ1v) is 5.74. The minimum atomic E-state index is -0.0426. The number of carbonyl (C=O) groups is 1. The number of fused-ring (bicyclic) bond motifs is 1. The number of aliphatic hydroxyl groups is 1. The van der Waals surface area contributed by atoms with Crippen molar-refractivity contribution < 1.29 is 9.90 Å². The Morgan fingerprint density at radius 1 is 1.41 bits per heavy atom. The van der Waals surface area contributed by atoms with E-state index in [0.29, 0.717) is 18.7 Å².